The summed E-state index contributed by atoms with van der Waals surface area (Å²) in [5.41, 5.74) is 20.7. The number of para-hydroxylation sites is 4. The Kier molecular flexibility index (Phi) is 9.50. The zero-order valence-electron chi connectivity index (χ0n) is 43.3. The highest BCUT2D eigenvalue weighted by Gasteiger charge is 2.24. The highest BCUT2D eigenvalue weighted by Crippen LogP contribution is 2.45. The molecule has 0 bridgehead atoms. The third kappa shape index (κ3) is 6.56. The Morgan fingerprint density at radius 1 is 0.231 bits per heavy atom. The van der Waals surface area contributed by atoms with Crippen LogP contribution in [0.4, 0.5) is 0 Å². The van der Waals surface area contributed by atoms with E-state index >= 15 is 0 Å². The normalized spacial score (nSPS) is 12.1. The lowest BCUT2D eigenvalue weighted by Gasteiger charge is -2.16. The largest absolute Gasteiger partial charge is 0.456 e. The van der Waals surface area contributed by atoms with E-state index in [1.807, 2.05) is 48.5 Å². The molecule has 10 aromatic carbocycles. The standard InChI is InChI=1S/C72H48N2O4/c1-41-53-18-8-12-22-65(53)75-69(41)46-26-30-61-57(36-46)58-37-47(70-42(2)54-19-9-13-23-66(54)76-70)27-31-62(58)73(61)51-34-50(45-16-6-5-7-17-45)35-52(40-51)74-63-32-28-48(71-43(3)55-20-10-14-24-67(55)77-71)38-59(63)60-39-49(29-33-64(60)74)72-44(4)56-21-11-15-25-68(56)78-72/h5-40H,1-4H3. The molecule has 16 aromatic rings. The summed E-state index contributed by atoms with van der Waals surface area (Å²) in [4.78, 5) is 0. The molecule has 0 unspecified atom stereocenters. The van der Waals surface area contributed by atoms with Crippen LogP contribution in [-0.2, 0) is 0 Å². The highest BCUT2D eigenvalue weighted by molar-refractivity contribution is 6.14. The van der Waals surface area contributed by atoms with Gasteiger partial charge in [-0.15, -0.1) is 0 Å². The van der Waals surface area contributed by atoms with Crippen molar-refractivity contribution in [1.29, 1.82) is 0 Å². The summed E-state index contributed by atoms with van der Waals surface area (Å²) in [5, 5.41) is 8.94. The molecule has 0 saturated heterocycles. The number of aryl methyl sites for hydroxylation is 4. The van der Waals surface area contributed by atoms with Crippen molar-refractivity contribution >= 4 is 87.5 Å². The van der Waals surface area contributed by atoms with Gasteiger partial charge in [0.1, 0.15) is 45.4 Å². The minimum absolute atomic E-state index is 0.875. The van der Waals surface area contributed by atoms with Gasteiger partial charge in [0.15, 0.2) is 0 Å². The highest BCUT2D eigenvalue weighted by atomic mass is 16.3. The Bertz CT molecular complexity index is 4570. The Hall–Kier alpha value is -10.0. The van der Waals surface area contributed by atoms with Gasteiger partial charge in [0, 0.05) is 99.0 Å². The van der Waals surface area contributed by atoms with Gasteiger partial charge in [0.25, 0.3) is 0 Å². The quantitative estimate of drug-likeness (QED) is 0.160. The summed E-state index contributed by atoms with van der Waals surface area (Å²) < 4.78 is 31.4. The number of hydrogen-bond acceptors (Lipinski definition) is 4. The van der Waals surface area contributed by atoms with Gasteiger partial charge in [-0.1, -0.05) is 103 Å². The lowest BCUT2D eigenvalue weighted by Crippen LogP contribution is -2.00. The summed E-state index contributed by atoms with van der Waals surface area (Å²) in [6.07, 6.45) is 0. The summed E-state index contributed by atoms with van der Waals surface area (Å²) in [6, 6.07) is 78.1. The zero-order chi connectivity index (χ0) is 51.9. The third-order valence-corrected chi connectivity index (χ3v) is 16.5. The summed E-state index contributed by atoms with van der Waals surface area (Å²) in [6.45, 7) is 8.63. The molecule has 16 rings (SSSR count). The van der Waals surface area contributed by atoms with Gasteiger partial charge in [-0.2, -0.15) is 0 Å². The molecule has 0 saturated carbocycles. The fourth-order valence-corrected chi connectivity index (χ4v) is 12.6. The smallest absolute Gasteiger partial charge is 0.138 e. The maximum atomic E-state index is 6.64. The van der Waals surface area contributed by atoms with Gasteiger partial charge < -0.3 is 26.8 Å². The second-order valence-corrected chi connectivity index (χ2v) is 20.9. The lowest BCUT2D eigenvalue weighted by atomic mass is 10.0. The van der Waals surface area contributed by atoms with E-state index in [1.165, 1.54) is 0 Å². The molecule has 6 heterocycles. The number of hydrogen-bond donors (Lipinski definition) is 0. The Morgan fingerprint density at radius 2 is 0.513 bits per heavy atom. The van der Waals surface area contributed by atoms with E-state index in [1.54, 1.807) is 0 Å². The third-order valence-electron chi connectivity index (χ3n) is 16.5. The van der Waals surface area contributed by atoms with Crippen molar-refractivity contribution in [3.8, 4) is 67.8 Å². The molecule has 6 nitrogen and oxygen atoms in total. The van der Waals surface area contributed by atoms with Crippen LogP contribution in [0.25, 0.3) is 155 Å². The maximum absolute atomic E-state index is 6.64. The van der Waals surface area contributed by atoms with Crippen molar-refractivity contribution < 1.29 is 17.7 Å². The van der Waals surface area contributed by atoms with Gasteiger partial charge in [-0.25, -0.2) is 0 Å². The first-order valence-corrected chi connectivity index (χ1v) is 26.6. The predicted molar refractivity (Wildman–Crippen MR) is 320 cm³/mol. The summed E-state index contributed by atoms with van der Waals surface area (Å²) >= 11 is 0. The number of nitrogens with zero attached hydrogens (tertiary/aromatic N) is 2. The average Bonchev–Trinajstić information content (AvgIpc) is 4.50. The minimum atomic E-state index is 0.875. The number of furan rings is 4. The van der Waals surface area contributed by atoms with Gasteiger partial charge in [-0.05, 0) is 154 Å². The summed E-state index contributed by atoms with van der Waals surface area (Å²) in [5.74, 6) is 3.50. The second kappa shape index (κ2) is 16.7. The molecule has 0 amide bonds. The van der Waals surface area contributed by atoms with Gasteiger partial charge in [0.05, 0.1) is 22.1 Å². The van der Waals surface area contributed by atoms with E-state index in [0.717, 1.165) is 178 Å². The first-order valence-electron chi connectivity index (χ1n) is 26.6. The van der Waals surface area contributed by atoms with E-state index in [-0.39, 0.29) is 0 Å². The fraction of sp³-hybridized carbons (Fsp3) is 0.0556. The van der Waals surface area contributed by atoms with Crippen molar-refractivity contribution in [2.24, 2.45) is 0 Å². The van der Waals surface area contributed by atoms with Crippen molar-refractivity contribution in [2.75, 3.05) is 0 Å². The van der Waals surface area contributed by atoms with Crippen LogP contribution in [0.5, 0.6) is 0 Å². The van der Waals surface area contributed by atoms with Crippen molar-refractivity contribution in [1.82, 2.24) is 9.13 Å². The van der Waals surface area contributed by atoms with Crippen LogP contribution in [0.2, 0.25) is 0 Å². The Labute approximate surface area is 448 Å². The second-order valence-electron chi connectivity index (χ2n) is 20.9. The van der Waals surface area contributed by atoms with Crippen LogP contribution in [-0.4, -0.2) is 9.13 Å². The van der Waals surface area contributed by atoms with Crippen LogP contribution in [0.3, 0.4) is 0 Å². The summed E-state index contributed by atoms with van der Waals surface area (Å²) in [7, 11) is 0. The Morgan fingerprint density at radius 3 is 0.808 bits per heavy atom. The molecule has 0 radical (unpaired) electrons. The molecule has 0 fully saturated rings. The van der Waals surface area contributed by atoms with E-state index in [4.69, 9.17) is 17.7 Å². The number of fused-ring (bicyclic) bond motifs is 10. The molecule has 0 aliphatic carbocycles. The van der Waals surface area contributed by atoms with E-state index < -0.39 is 0 Å². The molecule has 0 N–H and O–H groups in total. The van der Waals surface area contributed by atoms with Gasteiger partial charge in [-0.3, -0.25) is 0 Å². The van der Waals surface area contributed by atoms with Crippen LogP contribution in [0.15, 0.2) is 236 Å². The lowest BCUT2D eigenvalue weighted by molar-refractivity contribution is 0.629. The number of aromatic nitrogens is 2. The molecule has 6 heteroatoms. The number of benzene rings is 10. The molecule has 0 aliphatic rings. The molecule has 0 aliphatic heterocycles. The maximum Gasteiger partial charge on any atom is 0.138 e. The molecular weight excluding hydrogens is 957 g/mol. The molecular formula is C72H48N2O4. The molecule has 0 atom stereocenters. The van der Waals surface area contributed by atoms with Crippen molar-refractivity contribution in [3.05, 3.63) is 241 Å². The first kappa shape index (κ1) is 44.3. The van der Waals surface area contributed by atoms with E-state index in [2.05, 4.69) is 207 Å². The van der Waals surface area contributed by atoms with E-state index in [0.29, 0.717) is 0 Å². The Balaban J connectivity index is 0.958. The van der Waals surface area contributed by atoms with Crippen LogP contribution >= 0.6 is 0 Å². The molecule has 78 heavy (non-hydrogen) atoms. The molecule has 0 spiro atoms. The average molecular weight is 1010 g/mol. The van der Waals surface area contributed by atoms with E-state index in [9.17, 15) is 0 Å². The van der Waals surface area contributed by atoms with Crippen LogP contribution < -0.4 is 0 Å². The first-order chi connectivity index (χ1) is 38.3. The zero-order valence-corrected chi connectivity index (χ0v) is 43.3. The SMILES string of the molecule is Cc1c(-c2ccc3c(c2)c2cc(-c4oc5ccccc5c4C)ccc2n3-c2cc(-c3ccccc3)cc(-n3c4ccc(-c5oc6ccccc6c5C)cc4c4cc(-c5oc6ccccc6c5C)ccc43)c2)oc2ccccc12. The molecule has 6 aromatic heterocycles. The fourth-order valence-electron chi connectivity index (χ4n) is 12.6. The van der Waals surface area contributed by atoms with Gasteiger partial charge >= 0.3 is 0 Å². The molecule has 370 valence electrons. The van der Waals surface area contributed by atoms with Crippen LogP contribution in [0, 0.1) is 27.7 Å². The topological polar surface area (TPSA) is 62.4 Å². The van der Waals surface area contributed by atoms with Crippen molar-refractivity contribution in [3.63, 3.8) is 0 Å². The monoisotopic (exact) mass is 1000 g/mol. The minimum Gasteiger partial charge on any atom is -0.456 e. The van der Waals surface area contributed by atoms with Crippen LogP contribution in [0.1, 0.15) is 22.3 Å². The number of rotatable bonds is 7. The van der Waals surface area contributed by atoms with Gasteiger partial charge in [0.2, 0.25) is 0 Å². The predicted octanol–water partition coefficient (Wildman–Crippen LogP) is 20.4. The van der Waals surface area contributed by atoms with Crippen molar-refractivity contribution in [2.45, 2.75) is 27.7 Å².